The Balaban J connectivity index is 1.79. The van der Waals surface area contributed by atoms with Crippen LogP contribution < -0.4 is 14.8 Å². The predicted molar refractivity (Wildman–Crippen MR) is 91.2 cm³/mol. The molecule has 6 nitrogen and oxygen atoms in total. The molecule has 3 rings (SSSR count). The molecular weight excluding hydrogens is 344 g/mol. The molecule has 0 aliphatic carbocycles. The summed E-state index contributed by atoms with van der Waals surface area (Å²) in [4.78, 5) is 12.2. The molecule has 2 heterocycles. The SMILES string of the molecule is N#C/C(=C\c1cc(Cl)c2c(c1)OCCCO2)C(=O)NCc1ccco1. The van der Waals surface area contributed by atoms with Crippen LogP contribution in [0.4, 0.5) is 0 Å². The van der Waals surface area contributed by atoms with E-state index in [9.17, 15) is 10.1 Å². The number of hydrogen-bond donors (Lipinski definition) is 1. The highest BCUT2D eigenvalue weighted by Gasteiger charge is 2.16. The van der Waals surface area contributed by atoms with Crippen LogP contribution in [-0.2, 0) is 11.3 Å². The van der Waals surface area contributed by atoms with Gasteiger partial charge in [-0.05, 0) is 35.9 Å². The van der Waals surface area contributed by atoms with E-state index in [0.717, 1.165) is 6.42 Å². The molecule has 1 N–H and O–H groups in total. The van der Waals surface area contributed by atoms with Crippen molar-refractivity contribution in [1.82, 2.24) is 5.32 Å². The lowest BCUT2D eigenvalue weighted by Crippen LogP contribution is -2.23. The first-order chi connectivity index (χ1) is 12.2. The van der Waals surface area contributed by atoms with Crippen LogP contribution in [0.2, 0.25) is 5.02 Å². The lowest BCUT2D eigenvalue weighted by Gasteiger charge is -2.10. The molecule has 0 fully saturated rings. The van der Waals surface area contributed by atoms with E-state index >= 15 is 0 Å². The molecular formula is C18H15ClN2O4. The van der Waals surface area contributed by atoms with Crippen molar-refractivity contribution in [3.63, 3.8) is 0 Å². The number of ether oxygens (including phenoxy) is 2. The minimum atomic E-state index is -0.498. The number of nitriles is 1. The fraction of sp³-hybridized carbons (Fsp3) is 0.222. The number of nitrogens with zero attached hydrogens (tertiary/aromatic N) is 1. The number of rotatable bonds is 4. The number of nitrogens with one attached hydrogen (secondary N) is 1. The monoisotopic (exact) mass is 358 g/mol. The lowest BCUT2D eigenvalue weighted by atomic mass is 10.1. The smallest absolute Gasteiger partial charge is 0.262 e. The summed E-state index contributed by atoms with van der Waals surface area (Å²) in [6.07, 6.45) is 3.73. The third kappa shape index (κ3) is 4.14. The number of hydrogen-bond acceptors (Lipinski definition) is 5. The minimum Gasteiger partial charge on any atom is -0.489 e. The molecule has 0 bridgehead atoms. The molecule has 0 saturated carbocycles. The highest BCUT2D eigenvalue weighted by Crippen LogP contribution is 2.38. The van der Waals surface area contributed by atoms with Gasteiger partial charge >= 0.3 is 0 Å². The van der Waals surface area contributed by atoms with E-state index in [1.165, 1.54) is 12.3 Å². The van der Waals surface area contributed by atoms with Gasteiger partial charge in [0, 0.05) is 6.42 Å². The van der Waals surface area contributed by atoms with Crippen LogP contribution in [0.25, 0.3) is 6.08 Å². The number of carbonyl (C=O) groups is 1. The van der Waals surface area contributed by atoms with E-state index in [1.54, 1.807) is 24.3 Å². The largest absolute Gasteiger partial charge is 0.489 e. The minimum absolute atomic E-state index is 0.0443. The maximum absolute atomic E-state index is 12.2. The number of benzene rings is 1. The van der Waals surface area contributed by atoms with Gasteiger partial charge in [0.2, 0.25) is 0 Å². The van der Waals surface area contributed by atoms with Crippen LogP contribution in [-0.4, -0.2) is 19.1 Å². The van der Waals surface area contributed by atoms with Gasteiger partial charge in [-0.3, -0.25) is 4.79 Å². The van der Waals surface area contributed by atoms with Crippen molar-refractivity contribution < 1.29 is 18.7 Å². The quantitative estimate of drug-likeness (QED) is 0.669. The Kier molecular flexibility index (Phi) is 5.26. The van der Waals surface area contributed by atoms with Crippen molar-refractivity contribution in [1.29, 1.82) is 5.26 Å². The van der Waals surface area contributed by atoms with Gasteiger partial charge in [0.1, 0.15) is 17.4 Å². The second-order valence-electron chi connectivity index (χ2n) is 5.31. The van der Waals surface area contributed by atoms with Crippen molar-refractivity contribution in [3.8, 4) is 17.6 Å². The predicted octanol–water partition coefficient (Wildman–Crippen LogP) is 3.32. The topological polar surface area (TPSA) is 84.5 Å². The zero-order valence-corrected chi connectivity index (χ0v) is 14.0. The van der Waals surface area contributed by atoms with Crippen LogP contribution >= 0.6 is 11.6 Å². The van der Waals surface area contributed by atoms with Crippen molar-refractivity contribution in [2.75, 3.05) is 13.2 Å². The van der Waals surface area contributed by atoms with Crippen LogP contribution in [0, 0.1) is 11.3 Å². The van der Waals surface area contributed by atoms with E-state index in [4.69, 9.17) is 25.5 Å². The highest BCUT2D eigenvalue weighted by atomic mass is 35.5. The van der Waals surface area contributed by atoms with E-state index < -0.39 is 5.91 Å². The number of amides is 1. The molecule has 1 aliphatic rings. The third-order valence-corrected chi connectivity index (χ3v) is 3.78. The Labute approximate surface area is 149 Å². The zero-order valence-electron chi connectivity index (χ0n) is 13.3. The van der Waals surface area contributed by atoms with Gasteiger partial charge in [0.25, 0.3) is 5.91 Å². The Bertz CT molecular complexity index is 838. The molecule has 7 heteroatoms. The zero-order chi connectivity index (χ0) is 17.6. The second-order valence-corrected chi connectivity index (χ2v) is 5.72. The van der Waals surface area contributed by atoms with Gasteiger partial charge < -0.3 is 19.2 Å². The molecule has 2 aromatic rings. The Hall–Kier alpha value is -2.91. The molecule has 1 amide bonds. The maximum Gasteiger partial charge on any atom is 0.262 e. The molecule has 0 atom stereocenters. The Morgan fingerprint density at radius 1 is 1.36 bits per heavy atom. The molecule has 0 unspecified atom stereocenters. The molecule has 1 aromatic carbocycles. The second kappa shape index (κ2) is 7.77. The Morgan fingerprint density at radius 3 is 2.96 bits per heavy atom. The fourth-order valence-electron chi connectivity index (χ4n) is 2.33. The van der Waals surface area contributed by atoms with Gasteiger partial charge in [-0.15, -0.1) is 0 Å². The van der Waals surface area contributed by atoms with Crippen LogP contribution in [0.15, 0.2) is 40.5 Å². The number of carbonyl (C=O) groups excluding carboxylic acids is 1. The maximum atomic E-state index is 12.2. The summed E-state index contributed by atoms with van der Waals surface area (Å²) in [5, 5.41) is 12.3. The van der Waals surface area contributed by atoms with E-state index in [0.29, 0.717) is 41.1 Å². The molecule has 1 aliphatic heterocycles. The number of halogens is 1. The van der Waals surface area contributed by atoms with Crippen molar-refractivity contribution in [2.24, 2.45) is 0 Å². The van der Waals surface area contributed by atoms with Crippen molar-refractivity contribution in [2.45, 2.75) is 13.0 Å². The summed E-state index contributed by atoms with van der Waals surface area (Å²) in [6, 6.07) is 8.69. The normalized spacial score (nSPS) is 13.7. The third-order valence-electron chi connectivity index (χ3n) is 3.50. The van der Waals surface area contributed by atoms with Crippen LogP contribution in [0.1, 0.15) is 17.7 Å². The van der Waals surface area contributed by atoms with Crippen molar-refractivity contribution in [3.05, 3.63) is 52.4 Å². The summed E-state index contributed by atoms with van der Waals surface area (Å²) in [6.45, 7) is 1.25. The molecule has 0 radical (unpaired) electrons. The first-order valence-corrected chi connectivity index (χ1v) is 8.06. The van der Waals surface area contributed by atoms with Gasteiger partial charge in [0.15, 0.2) is 11.5 Å². The fourth-order valence-corrected chi connectivity index (χ4v) is 2.60. The summed E-state index contributed by atoms with van der Waals surface area (Å²) in [7, 11) is 0. The average molecular weight is 359 g/mol. The molecule has 128 valence electrons. The average Bonchev–Trinajstić information content (AvgIpc) is 3.01. The van der Waals surface area contributed by atoms with E-state index in [2.05, 4.69) is 5.32 Å². The standard InChI is InChI=1S/C18H15ClN2O4/c19-15-8-12(9-16-17(15)25-6-2-5-24-16)7-13(10-20)18(22)21-11-14-3-1-4-23-14/h1,3-4,7-9H,2,5-6,11H2,(H,21,22)/b13-7+. The molecule has 0 saturated heterocycles. The summed E-state index contributed by atoms with van der Waals surface area (Å²) in [5.74, 6) is 1.09. The van der Waals surface area contributed by atoms with Crippen molar-refractivity contribution >= 4 is 23.6 Å². The van der Waals surface area contributed by atoms with E-state index in [1.807, 2.05) is 6.07 Å². The van der Waals surface area contributed by atoms with Gasteiger partial charge in [-0.25, -0.2) is 0 Å². The highest BCUT2D eigenvalue weighted by molar-refractivity contribution is 6.32. The van der Waals surface area contributed by atoms with Crippen LogP contribution in [0.5, 0.6) is 11.5 Å². The Morgan fingerprint density at radius 2 is 2.20 bits per heavy atom. The first kappa shape index (κ1) is 16.9. The van der Waals surface area contributed by atoms with Gasteiger partial charge in [-0.1, -0.05) is 11.6 Å². The lowest BCUT2D eigenvalue weighted by molar-refractivity contribution is -0.117. The molecule has 25 heavy (non-hydrogen) atoms. The van der Waals surface area contributed by atoms with Gasteiger partial charge in [-0.2, -0.15) is 5.26 Å². The molecule has 0 spiro atoms. The van der Waals surface area contributed by atoms with E-state index in [-0.39, 0.29) is 12.1 Å². The summed E-state index contributed by atoms with van der Waals surface area (Å²) < 4.78 is 16.3. The molecule has 1 aromatic heterocycles. The van der Waals surface area contributed by atoms with Crippen LogP contribution in [0.3, 0.4) is 0 Å². The first-order valence-electron chi connectivity index (χ1n) is 7.69. The van der Waals surface area contributed by atoms with Gasteiger partial charge in [0.05, 0.1) is 31.0 Å². The number of fused-ring (bicyclic) bond motifs is 1. The number of furan rings is 1. The summed E-state index contributed by atoms with van der Waals surface area (Å²) >= 11 is 6.22. The summed E-state index contributed by atoms with van der Waals surface area (Å²) in [5.41, 5.74) is 0.538.